The van der Waals surface area contributed by atoms with Crippen LogP contribution in [0.15, 0.2) is 0 Å². The van der Waals surface area contributed by atoms with Crippen LogP contribution in [-0.2, 0) is 28.5 Å². The van der Waals surface area contributed by atoms with E-state index in [0.29, 0.717) is 37.3 Å². The number of esters is 2. The van der Waals surface area contributed by atoms with Crippen molar-refractivity contribution in [3.63, 3.8) is 0 Å². The molecule has 0 N–H and O–H groups in total. The zero-order valence-electron chi connectivity index (χ0n) is 15.6. The highest BCUT2D eigenvalue weighted by atomic mass is 16.6. The van der Waals surface area contributed by atoms with E-state index in [1.807, 2.05) is 0 Å². The summed E-state index contributed by atoms with van der Waals surface area (Å²) in [7, 11) is 0. The fourth-order valence-corrected chi connectivity index (χ4v) is 4.40. The second kappa shape index (κ2) is 7.85. The normalized spacial score (nSPS) is 38.5. The minimum Gasteiger partial charge on any atom is -0.463 e. The van der Waals surface area contributed by atoms with Crippen molar-refractivity contribution < 1.29 is 28.5 Å². The molecule has 2 aliphatic heterocycles. The molecule has 2 saturated heterocycles. The molecule has 2 saturated carbocycles. The first kappa shape index (κ1) is 18.2. The van der Waals surface area contributed by atoms with Crippen molar-refractivity contribution in [2.24, 2.45) is 11.8 Å². The summed E-state index contributed by atoms with van der Waals surface area (Å²) in [4.78, 5) is 25.0. The molecule has 2 aliphatic carbocycles. The monoisotopic (exact) mass is 366 g/mol. The van der Waals surface area contributed by atoms with Crippen molar-refractivity contribution in [2.45, 2.75) is 95.2 Å². The zero-order valence-corrected chi connectivity index (χ0v) is 15.6. The first-order valence-electron chi connectivity index (χ1n) is 10.3. The van der Waals surface area contributed by atoms with Gasteiger partial charge in [0.1, 0.15) is 0 Å². The Morgan fingerprint density at radius 1 is 1.00 bits per heavy atom. The number of hydrogen-bond acceptors (Lipinski definition) is 6. The predicted molar refractivity (Wildman–Crippen MR) is 92.4 cm³/mol. The van der Waals surface area contributed by atoms with Crippen LogP contribution >= 0.6 is 0 Å². The van der Waals surface area contributed by atoms with Crippen LogP contribution < -0.4 is 0 Å². The van der Waals surface area contributed by atoms with E-state index in [2.05, 4.69) is 6.92 Å². The van der Waals surface area contributed by atoms with Gasteiger partial charge in [0.2, 0.25) is 0 Å². The van der Waals surface area contributed by atoms with E-state index < -0.39 is 6.10 Å². The van der Waals surface area contributed by atoms with Crippen LogP contribution in [0, 0.1) is 11.8 Å². The molecule has 4 rings (SSSR count). The van der Waals surface area contributed by atoms with Gasteiger partial charge in [0.15, 0.2) is 6.10 Å². The second-order valence-corrected chi connectivity index (χ2v) is 8.31. The lowest BCUT2D eigenvalue weighted by molar-refractivity contribution is -0.172. The molecule has 0 bridgehead atoms. The van der Waals surface area contributed by atoms with Crippen molar-refractivity contribution in [3.8, 4) is 0 Å². The van der Waals surface area contributed by atoms with Gasteiger partial charge in [-0.15, -0.1) is 0 Å². The van der Waals surface area contributed by atoms with Crippen LogP contribution in [-0.4, -0.2) is 49.1 Å². The number of unbranched alkanes of at least 4 members (excludes halogenated alkanes) is 1. The lowest BCUT2D eigenvalue weighted by atomic mass is 9.89. The molecule has 7 atom stereocenters. The number of fused-ring (bicyclic) bond motifs is 2. The fraction of sp³-hybridized carbons (Fsp3) is 0.900. The lowest BCUT2D eigenvalue weighted by Crippen LogP contribution is -2.34. The number of epoxide rings is 2. The fourth-order valence-electron chi connectivity index (χ4n) is 4.40. The van der Waals surface area contributed by atoms with Gasteiger partial charge in [-0.25, -0.2) is 4.79 Å². The van der Waals surface area contributed by atoms with Gasteiger partial charge in [0.25, 0.3) is 0 Å². The maximum atomic E-state index is 12.5. The highest BCUT2D eigenvalue weighted by Gasteiger charge is 2.47. The molecule has 0 amide bonds. The van der Waals surface area contributed by atoms with Gasteiger partial charge >= 0.3 is 11.9 Å². The van der Waals surface area contributed by atoms with Crippen molar-refractivity contribution in [1.82, 2.24) is 0 Å². The average Bonchev–Trinajstić information content (AvgIpc) is 3.55. The molecule has 4 fully saturated rings. The van der Waals surface area contributed by atoms with Gasteiger partial charge < -0.3 is 18.9 Å². The van der Waals surface area contributed by atoms with Crippen LogP contribution in [0.3, 0.4) is 0 Å². The Hall–Kier alpha value is -1.14. The summed E-state index contributed by atoms with van der Waals surface area (Å²) in [6, 6.07) is 0. The molecule has 0 aromatic carbocycles. The van der Waals surface area contributed by atoms with Crippen LogP contribution in [0.2, 0.25) is 0 Å². The minimum absolute atomic E-state index is 0.141. The van der Waals surface area contributed by atoms with E-state index in [1.165, 1.54) is 0 Å². The highest BCUT2D eigenvalue weighted by Crippen LogP contribution is 2.40. The van der Waals surface area contributed by atoms with Crippen molar-refractivity contribution >= 4 is 11.9 Å². The van der Waals surface area contributed by atoms with Gasteiger partial charge in [-0.2, -0.15) is 0 Å². The van der Waals surface area contributed by atoms with Gasteiger partial charge in [-0.05, 0) is 57.3 Å². The first-order valence-corrected chi connectivity index (χ1v) is 10.3. The Morgan fingerprint density at radius 2 is 1.73 bits per heavy atom. The molecule has 0 radical (unpaired) electrons. The summed E-state index contributed by atoms with van der Waals surface area (Å²) in [5.41, 5.74) is 0. The maximum Gasteiger partial charge on any atom is 0.347 e. The summed E-state index contributed by atoms with van der Waals surface area (Å²) < 4.78 is 22.1. The summed E-state index contributed by atoms with van der Waals surface area (Å²) in [5, 5.41) is 0. The van der Waals surface area contributed by atoms with E-state index in [1.54, 1.807) is 0 Å². The third kappa shape index (κ3) is 4.39. The van der Waals surface area contributed by atoms with Crippen molar-refractivity contribution in [3.05, 3.63) is 0 Å². The molecule has 0 spiro atoms. The van der Waals surface area contributed by atoms with Gasteiger partial charge in [-0.3, -0.25) is 4.79 Å². The number of ether oxygens (including phenoxy) is 4. The number of rotatable bonds is 8. The maximum absolute atomic E-state index is 12.5. The summed E-state index contributed by atoms with van der Waals surface area (Å²) in [6.45, 7) is 2.47. The number of carbonyl (C=O) groups is 2. The van der Waals surface area contributed by atoms with Crippen LogP contribution in [0.4, 0.5) is 0 Å². The highest BCUT2D eigenvalue weighted by molar-refractivity contribution is 5.80. The SMILES string of the molecule is CCCCC(OC(=O)C1CCC2OC2C1)C(=O)OCC1CCC2OC2C1. The Labute approximate surface area is 154 Å². The molecule has 26 heavy (non-hydrogen) atoms. The van der Waals surface area contributed by atoms with E-state index >= 15 is 0 Å². The molecule has 4 aliphatic rings. The molecular weight excluding hydrogens is 336 g/mol. The molecule has 2 heterocycles. The molecular formula is C20H30O6. The standard InChI is InChI=1S/C20H30O6/c1-2-3-4-16(26-19(21)13-6-8-15-18(10-13)25-15)20(22)23-11-12-5-7-14-17(9-12)24-14/h12-18H,2-11H2,1H3. The Kier molecular flexibility index (Phi) is 5.50. The molecule has 0 aromatic rings. The van der Waals surface area contributed by atoms with Crippen LogP contribution in [0.1, 0.15) is 64.7 Å². The molecule has 7 unspecified atom stereocenters. The largest absolute Gasteiger partial charge is 0.463 e. The third-order valence-corrected chi connectivity index (χ3v) is 6.25. The molecule has 6 heteroatoms. The van der Waals surface area contributed by atoms with Crippen molar-refractivity contribution in [2.75, 3.05) is 6.61 Å². The quantitative estimate of drug-likeness (QED) is 0.486. The van der Waals surface area contributed by atoms with Crippen LogP contribution in [0.25, 0.3) is 0 Å². The topological polar surface area (TPSA) is 77.7 Å². The molecule has 0 aromatic heterocycles. The summed E-state index contributed by atoms with van der Waals surface area (Å²) >= 11 is 0. The van der Waals surface area contributed by atoms with Gasteiger partial charge in [-0.1, -0.05) is 13.3 Å². The average molecular weight is 366 g/mol. The summed E-state index contributed by atoms with van der Waals surface area (Å²) in [5.74, 6) is -0.420. The minimum atomic E-state index is -0.770. The second-order valence-electron chi connectivity index (χ2n) is 8.31. The smallest absolute Gasteiger partial charge is 0.347 e. The molecule has 6 nitrogen and oxygen atoms in total. The predicted octanol–water partition coefficient (Wildman–Crippen LogP) is 2.77. The Balaban J connectivity index is 1.25. The number of hydrogen-bond donors (Lipinski definition) is 0. The molecule has 146 valence electrons. The first-order chi connectivity index (χ1) is 12.6. The summed E-state index contributed by atoms with van der Waals surface area (Å²) in [6.07, 6.45) is 8.47. The van der Waals surface area contributed by atoms with E-state index in [0.717, 1.165) is 51.4 Å². The number of carbonyl (C=O) groups excluding carboxylic acids is 2. The van der Waals surface area contributed by atoms with E-state index in [4.69, 9.17) is 18.9 Å². The Morgan fingerprint density at radius 3 is 2.42 bits per heavy atom. The lowest BCUT2D eigenvalue weighted by Gasteiger charge is -2.23. The Bertz CT molecular complexity index is 534. The zero-order chi connectivity index (χ0) is 18.1. The van der Waals surface area contributed by atoms with Gasteiger partial charge in [0, 0.05) is 0 Å². The van der Waals surface area contributed by atoms with Crippen LogP contribution in [0.5, 0.6) is 0 Å². The third-order valence-electron chi connectivity index (χ3n) is 6.25. The van der Waals surface area contributed by atoms with Gasteiger partial charge in [0.05, 0.1) is 36.9 Å². The van der Waals surface area contributed by atoms with E-state index in [9.17, 15) is 9.59 Å². The van der Waals surface area contributed by atoms with Crippen molar-refractivity contribution in [1.29, 1.82) is 0 Å². The van der Waals surface area contributed by atoms with E-state index in [-0.39, 0.29) is 24.0 Å².